The Bertz CT molecular complexity index is 427. The zero-order chi connectivity index (χ0) is 14.2. The molecule has 0 saturated carbocycles. The van der Waals surface area contributed by atoms with Gasteiger partial charge in [-0.1, -0.05) is 13.0 Å². The van der Waals surface area contributed by atoms with Crippen molar-refractivity contribution in [1.29, 1.82) is 0 Å². The predicted molar refractivity (Wildman–Crippen MR) is 78.2 cm³/mol. The molecule has 1 saturated heterocycles. The van der Waals surface area contributed by atoms with Crippen molar-refractivity contribution >= 4 is 5.91 Å². The highest BCUT2D eigenvalue weighted by Gasteiger charge is 2.16. The number of hydrogen-bond donors (Lipinski definition) is 0. The minimum absolute atomic E-state index is 0.0737. The molecule has 0 unspecified atom stereocenters. The highest BCUT2D eigenvalue weighted by Crippen LogP contribution is 2.19. The van der Waals surface area contributed by atoms with E-state index in [1.165, 1.54) is 6.42 Å². The van der Waals surface area contributed by atoms with Crippen LogP contribution in [0.4, 0.5) is 0 Å². The standard InChI is InChI=1S/C16H23NO3/c1-2-11-19-14-7-6-8-15(12-14)20-13-16(18)17-9-4-3-5-10-17/h6-8,12H,2-5,9-11,13H2,1H3. The molecule has 1 amide bonds. The summed E-state index contributed by atoms with van der Waals surface area (Å²) in [5, 5.41) is 0. The van der Waals surface area contributed by atoms with Crippen LogP contribution in [0.3, 0.4) is 0 Å². The molecule has 1 aromatic carbocycles. The van der Waals surface area contributed by atoms with Gasteiger partial charge in [-0.25, -0.2) is 0 Å². The van der Waals surface area contributed by atoms with E-state index in [0.717, 1.165) is 38.1 Å². The zero-order valence-corrected chi connectivity index (χ0v) is 12.1. The van der Waals surface area contributed by atoms with Crippen molar-refractivity contribution in [2.24, 2.45) is 0 Å². The normalized spacial score (nSPS) is 14.9. The van der Waals surface area contributed by atoms with E-state index in [1.54, 1.807) is 0 Å². The minimum atomic E-state index is 0.0737. The highest BCUT2D eigenvalue weighted by molar-refractivity contribution is 5.77. The number of ether oxygens (including phenoxy) is 2. The summed E-state index contributed by atoms with van der Waals surface area (Å²) >= 11 is 0. The number of benzene rings is 1. The lowest BCUT2D eigenvalue weighted by Gasteiger charge is -2.26. The smallest absolute Gasteiger partial charge is 0.260 e. The first kappa shape index (κ1) is 14.7. The third-order valence-corrected chi connectivity index (χ3v) is 3.35. The number of carbonyl (C=O) groups is 1. The van der Waals surface area contributed by atoms with E-state index in [2.05, 4.69) is 6.92 Å². The summed E-state index contributed by atoms with van der Waals surface area (Å²) in [7, 11) is 0. The molecule has 0 atom stereocenters. The molecule has 0 aliphatic carbocycles. The molecule has 0 radical (unpaired) electrons. The third-order valence-electron chi connectivity index (χ3n) is 3.35. The summed E-state index contributed by atoms with van der Waals surface area (Å²) in [6.45, 7) is 4.59. The lowest BCUT2D eigenvalue weighted by atomic mass is 10.1. The molecule has 2 rings (SSSR count). The highest BCUT2D eigenvalue weighted by atomic mass is 16.5. The Kier molecular flexibility index (Phi) is 5.71. The van der Waals surface area contributed by atoms with Gasteiger partial charge in [0, 0.05) is 19.2 Å². The van der Waals surface area contributed by atoms with Gasteiger partial charge < -0.3 is 14.4 Å². The van der Waals surface area contributed by atoms with Crippen LogP contribution in [0.15, 0.2) is 24.3 Å². The maximum Gasteiger partial charge on any atom is 0.260 e. The van der Waals surface area contributed by atoms with Gasteiger partial charge in [0.2, 0.25) is 0 Å². The Morgan fingerprint density at radius 2 is 1.85 bits per heavy atom. The average Bonchev–Trinajstić information content (AvgIpc) is 2.52. The summed E-state index contributed by atoms with van der Waals surface area (Å²) < 4.78 is 11.1. The maximum absolute atomic E-state index is 12.0. The molecule has 0 bridgehead atoms. The van der Waals surface area contributed by atoms with E-state index < -0.39 is 0 Å². The van der Waals surface area contributed by atoms with Gasteiger partial charge in [-0.2, -0.15) is 0 Å². The monoisotopic (exact) mass is 277 g/mol. The minimum Gasteiger partial charge on any atom is -0.493 e. The molecule has 1 heterocycles. The van der Waals surface area contributed by atoms with E-state index in [4.69, 9.17) is 9.47 Å². The second kappa shape index (κ2) is 7.78. The Balaban J connectivity index is 1.82. The second-order valence-corrected chi connectivity index (χ2v) is 5.05. The van der Waals surface area contributed by atoms with Gasteiger partial charge in [0.15, 0.2) is 6.61 Å². The molecule has 1 aliphatic rings. The molecule has 110 valence electrons. The Hall–Kier alpha value is -1.71. The van der Waals surface area contributed by atoms with Crippen LogP contribution in [0.2, 0.25) is 0 Å². The first-order valence-corrected chi connectivity index (χ1v) is 7.43. The predicted octanol–water partition coefficient (Wildman–Crippen LogP) is 2.87. The van der Waals surface area contributed by atoms with E-state index in [-0.39, 0.29) is 12.5 Å². The third kappa shape index (κ3) is 4.44. The van der Waals surface area contributed by atoms with Crippen molar-refractivity contribution in [2.45, 2.75) is 32.6 Å². The molecular formula is C16H23NO3. The Morgan fingerprint density at radius 1 is 1.15 bits per heavy atom. The van der Waals surface area contributed by atoms with Gasteiger partial charge >= 0.3 is 0 Å². The van der Waals surface area contributed by atoms with Crippen LogP contribution in [0.1, 0.15) is 32.6 Å². The summed E-state index contributed by atoms with van der Waals surface area (Å²) in [6.07, 6.45) is 4.40. The number of rotatable bonds is 6. The van der Waals surface area contributed by atoms with Crippen molar-refractivity contribution in [3.05, 3.63) is 24.3 Å². The topological polar surface area (TPSA) is 38.8 Å². The number of likely N-dealkylation sites (tertiary alicyclic amines) is 1. The molecular weight excluding hydrogens is 254 g/mol. The quantitative estimate of drug-likeness (QED) is 0.802. The van der Waals surface area contributed by atoms with Crippen LogP contribution < -0.4 is 9.47 Å². The fourth-order valence-corrected chi connectivity index (χ4v) is 2.25. The van der Waals surface area contributed by atoms with E-state index in [1.807, 2.05) is 29.2 Å². The Labute approximate surface area is 120 Å². The molecule has 0 N–H and O–H groups in total. The number of carbonyl (C=O) groups excluding carboxylic acids is 1. The van der Waals surface area contributed by atoms with Crippen LogP contribution in [0, 0.1) is 0 Å². The van der Waals surface area contributed by atoms with Gasteiger partial charge in [0.25, 0.3) is 5.91 Å². The van der Waals surface area contributed by atoms with E-state index in [9.17, 15) is 4.79 Å². The van der Waals surface area contributed by atoms with Gasteiger partial charge in [0.1, 0.15) is 11.5 Å². The van der Waals surface area contributed by atoms with Crippen LogP contribution in [-0.4, -0.2) is 37.1 Å². The summed E-state index contributed by atoms with van der Waals surface area (Å²) in [6, 6.07) is 7.46. The number of piperidine rings is 1. The number of hydrogen-bond acceptors (Lipinski definition) is 3. The van der Waals surface area contributed by atoms with E-state index >= 15 is 0 Å². The molecule has 1 fully saturated rings. The van der Waals surface area contributed by atoms with Crippen LogP contribution in [0.5, 0.6) is 11.5 Å². The number of amides is 1. The van der Waals surface area contributed by atoms with Crippen molar-refractivity contribution in [2.75, 3.05) is 26.3 Å². The van der Waals surface area contributed by atoms with Gasteiger partial charge in [-0.05, 0) is 37.8 Å². The van der Waals surface area contributed by atoms with Crippen LogP contribution >= 0.6 is 0 Å². The molecule has 20 heavy (non-hydrogen) atoms. The van der Waals surface area contributed by atoms with Gasteiger partial charge in [-0.15, -0.1) is 0 Å². The summed E-state index contributed by atoms with van der Waals surface area (Å²) in [5.41, 5.74) is 0. The molecule has 1 aliphatic heterocycles. The largest absolute Gasteiger partial charge is 0.493 e. The van der Waals surface area contributed by atoms with Crippen molar-refractivity contribution in [3.63, 3.8) is 0 Å². The lowest BCUT2D eigenvalue weighted by Crippen LogP contribution is -2.38. The van der Waals surface area contributed by atoms with Crippen LogP contribution in [0.25, 0.3) is 0 Å². The number of nitrogens with zero attached hydrogens (tertiary/aromatic N) is 1. The molecule has 0 spiro atoms. The first-order valence-electron chi connectivity index (χ1n) is 7.43. The fraction of sp³-hybridized carbons (Fsp3) is 0.562. The van der Waals surface area contributed by atoms with Gasteiger partial charge in [-0.3, -0.25) is 4.79 Å². The molecule has 4 nitrogen and oxygen atoms in total. The second-order valence-electron chi connectivity index (χ2n) is 5.05. The first-order chi connectivity index (χ1) is 9.79. The van der Waals surface area contributed by atoms with E-state index in [0.29, 0.717) is 12.4 Å². The molecule has 1 aromatic rings. The molecule has 4 heteroatoms. The summed E-state index contributed by atoms with van der Waals surface area (Å²) in [5.74, 6) is 1.54. The average molecular weight is 277 g/mol. The van der Waals surface area contributed by atoms with Gasteiger partial charge in [0.05, 0.1) is 6.61 Å². The van der Waals surface area contributed by atoms with Crippen molar-refractivity contribution in [1.82, 2.24) is 4.90 Å². The van der Waals surface area contributed by atoms with Crippen molar-refractivity contribution < 1.29 is 14.3 Å². The maximum atomic E-state index is 12.0. The fourth-order valence-electron chi connectivity index (χ4n) is 2.25. The van der Waals surface area contributed by atoms with Crippen LogP contribution in [-0.2, 0) is 4.79 Å². The summed E-state index contributed by atoms with van der Waals surface area (Å²) in [4.78, 5) is 13.9. The zero-order valence-electron chi connectivity index (χ0n) is 12.1. The van der Waals surface area contributed by atoms with Crippen molar-refractivity contribution in [3.8, 4) is 11.5 Å². The lowest BCUT2D eigenvalue weighted by molar-refractivity contribution is -0.134. The Morgan fingerprint density at radius 3 is 2.55 bits per heavy atom. The SMILES string of the molecule is CCCOc1cccc(OCC(=O)N2CCCCC2)c1. The molecule has 0 aromatic heterocycles.